The highest BCUT2D eigenvalue weighted by Crippen LogP contribution is 2.23. The van der Waals surface area contributed by atoms with Gasteiger partial charge in [-0.1, -0.05) is 25.1 Å². The van der Waals surface area contributed by atoms with Crippen LogP contribution in [0.25, 0.3) is 0 Å². The number of nitrogens with zero attached hydrogens (tertiary/aromatic N) is 2. The second-order valence-electron chi connectivity index (χ2n) is 7.61. The third kappa shape index (κ3) is 6.43. The number of non-ortho nitro benzene ring substituents is 1. The van der Waals surface area contributed by atoms with Crippen molar-refractivity contribution < 1.29 is 27.6 Å². The Labute approximate surface area is 187 Å². The van der Waals surface area contributed by atoms with E-state index in [1.165, 1.54) is 29.2 Å². The van der Waals surface area contributed by atoms with Gasteiger partial charge in [0.05, 0.1) is 29.1 Å². The lowest BCUT2D eigenvalue weighted by Crippen LogP contribution is -2.43. The van der Waals surface area contributed by atoms with Gasteiger partial charge in [0, 0.05) is 18.7 Å². The van der Waals surface area contributed by atoms with Crippen LogP contribution in [0.4, 0.5) is 5.69 Å². The quantitative estimate of drug-likeness (QED) is 0.394. The summed E-state index contributed by atoms with van der Waals surface area (Å²) in [7, 11) is -3.20. The topological polar surface area (TPSA) is 116 Å². The summed E-state index contributed by atoms with van der Waals surface area (Å²) in [5.41, 5.74) is 0.695. The number of amides is 1. The summed E-state index contributed by atoms with van der Waals surface area (Å²) in [6.45, 7) is 2.50. The summed E-state index contributed by atoms with van der Waals surface area (Å²) in [4.78, 5) is 24.9. The SMILES string of the molecule is CCCOc1ccc(CN(C(=O)COc2cccc([N+](=O)[O-])c2)C2CCS(=O)(=O)C2)cc1. The molecule has 1 heterocycles. The maximum absolute atomic E-state index is 13.0. The average molecular weight is 463 g/mol. The van der Waals surface area contributed by atoms with E-state index in [0.717, 1.165) is 17.7 Å². The fourth-order valence-electron chi connectivity index (χ4n) is 3.46. The predicted octanol–water partition coefficient (Wildman–Crippen LogP) is 2.98. The number of nitro groups is 1. The zero-order valence-corrected chi connectivity index (χ0v) is 18.6. The molecule has 3 rings (SSSR count). The molecule has 1 saturated heterocycles. The minimum atomic E-state index is -3.20. The molecule has 0 spiro atoms. The Kier molecular flexibility index (Phi) is 7.68. The van der Waals surface area contributed by atoms with Crippen LogP contribution in [0, 0.1) is 10.1 Å². The van der Waals surface area contributed by atoms with Crippen LogP contribution in [0.1, 0.15) is 25.3 Å². The van der Waals surface area contributed by atoms with Crippen molar-refractivity contribution in [3.05, 3.63) is 64.2 Å². The molecule has 1 aliphatic heterocycles. The molecule has 1 fully saturated rings. The van der Waals surface area contributed by atoms with Crippen molar-refractivity contribution in [2.24, 2.45) is 0 Å². The monoisotopic (exact) mass is 462 g/mol. The van der Waals surface area contributed by atoms with Crippen LogP contribution < -0.4 is 9.47 Å². The fourth-order valence-corrected chi connectivity index (χ4v) is 5.20. The molecule has 1 aliphatic rings. The van der Waals surface area contributed by atoms with Crippen LogP contribution >= 0.6 is 0 Å². The standard InChI is InChI=1S/C22H26N2O7S/c1-2-11-30-20-8-6-17(7-9-20)14-23(19-10-12-32(28,29)16-19)22(25)15-31-21-5-3-4-18(13-21)24(26)27/h3-9,13,19H,2,10-12,14-16H2,1H3. The van der Waals surface area contributed by atoms with Crippen molar-refractivity contribution in [1.82, 2.24) is 4.90 Å². The molecule has 2 aromatic rings. The minimum Gasteiger partial charge on any atom is -0.494 e. The number of carbonyl (C=O) groups excluding carboxylic acids is 1. The molecule has 172 valence electrons. The van der Waals surface area contributed by atoms with Crippen LogP contribution in [0.3, 0.4) is 0 Å². The fraction of sp³-hybridized carbons (Fsp3) is 0.409. The molecule has 0 aliphatic carbocycles. The number of benzene rings is 2. The molecule has 2 aromatic carbocycles. The summed E-state index contributed by atoms with van der Waals surface area (Å²) in [6, 6.07) is 12.5. The van der Waals surface area contributed by atoms with Gasteiger partial charge < -0.3 is 14.4 Å². The lowest BCUT2D eigenvalue weighted by atomic mass is 10.1. The van der Waals surface area contributed by atoms with Gasteiger partial charge in [0.25, 0.3) is 11.6 Å². The Balaban J connectivity index is 1.71. The van der Waals surface area contributed by atoms with Gasteiger partial charge in [0.1, 0.15) is 11.5 Å². The lowest BCUT2D eigenvalue weighted by Gasteiger charge is -2.28. The molecular formula is C22H26N2O7S. The van der Waals surface area contributed by atoms with Crippen LogP contribution in [-0.4, -0.2) is 54.9 Å². The van der Waals surface area contributed by atoms with Gasteiger partial charge in [-0.2, -0.15) is 0 Å². The highest BCUT2D eigenvalue weighted by molar-refractivity contribution is 7.91. The van der Waals surface area contributed by atoms with Gasteiger partial charge in [0.15, 0.2) is 16.4 Å². The van der Waals surface area contributed by atoms with Gasteiger partial charge in [-0.05, 0) is 36.6 Å². The molecule has 0 bridgehead atoms. The highest BCUT2D eigenvalue weighted by Gasteiger charge is 2.34. The Hall–Kier alpha value is -3.14. The first kappa shape index (κ1) is 23.5. The van der Waals surface area contributed by atoms with Crippen molar-refractivity contribution in [2.45, 2.75) is 32.4 Å². The number of rotatable bonds is 10. The maximum Gasteiger partial charge on any atom is 0.273 e. The van der Waals surface area contributed by atoms with Gasteiger partial charge in [-0.3, -0.25) is 14.9 Å². The second-order valence-corrected chi connectivity index (χ2v) is 9.84. The smallest absolute Gasteiger partial charge is 0.273 e. The van der Waals surface area contributed by atoms with Gasteiger partial charge >= 0.3 is 0 Å². The predicted molar refractivity (Wildman–Crippen MR) is 118 cm³/mol. The van der Waals surface area contributed by atoms with Gasteiger partial charge in [-0.25, -0.2) is 8.42 Å². The molecule has 1 amide bonds. The first-order valence-corrected chi connectivity index (χ1v) is 12.2. The Bertz CT molecular complexity index is 1050. The number of hydrogen-bond donors (Lipinski definition) is 0. The molecule has 0 aromatic heterocycles. The largest absolute Gasteiger partial charge is 0.494 e. The van der Waals surface area contributed by atoms with Crippen molar-refractivity contribution in [2.75, 3.05) is 24.7 Å². The summed E-state index contributed by atoms with van der Waals surface area (Å²) in [5, 5.41) is 10.9. The maximum atomic E-state index is 13.0. The number of carbonyl (C=O) groups is 1. The van der Waals surface area contributed by atoms with Crippen molar-refractivity contribution >= 4 is 21.4 Å². The third-order valence-electron chi connectivity index (χ3n) is 5.11. The summed E-state index contributed by atoms with van der Waals surface area (Å²) in [5.74, 6) is 0.490. The molecule has 9 nitrogen and oxygen atoms in total. The molecule has 0 radical (unpaired) electrons. The van der Waals surface area contributed by atoms with Gasteiger partial charge in [-0.15, -0.1) is 0 Å². The van der Waals surface area contributed by atoms with E-state index in [2.05, 4.69) is 0 Å². The molecule has 1 unspecified atom stereocenters. The molecule has 0 N–H and O–H groups in total. The van der Waals surface area contributed by atoms with E-state index in [-0.39, 0.29) is 42.0 Å². The molecule has 1 atom stereocenters. The first-order valence-electron chi connectivity index (χ1n) is 10.4. The summed E-state index contributed by atoms with van der Waals surface area (Å²) in [6.07, 6.45) is 1.26. The normalized spacial score (nSPS) is 17.0. The van der Waals surface area contributed by atoms with Crippen LogP contribution in [-0.2, 0) is 21.2 Å². The van der Waals surface area contributed by atoms with Crippen LogP contribution in [0.5, 0.6) is 11.5 Å². The van der Waals surface area contributed by atoms with E-state index in [9.17, 15) is 23.3 Å². The van der Waals surface area contributed by atoms with E-state index >= 15 is 0 Å². The molecule has 32 heavy (non-hydrogen) atoms. The zero-order valence-electron chi connectivity index (χ0n) is 17.8. The first-order chi connectivity index (χ1) is 15.3. The summed E-state index contributed by atoms with van der Waals surface area (Å²) >= 11 is 0. The highest BCUT2D eigenvalue weighted by atomic mass is 32.2. The Morgan fingerprint density at radius 1 is 1.16 bits per heavy atom. The van der Waals surface area contributed by atoms with Crippen molar-refractivity contribution in [3.63, 3.8) is 0 Å². The van der Waals surface area contributed by atoms with Gasteiger partial charge in [0.2, 0.25) is 0 Å². The molecule has 10 heteroatoms. The van der Waals surface area contributed by atoms with E-state index in [0.29, 0.717) is 13.0 Å². The van der Waals surface area contributed by atoms with Crippen LogP contribution in [0.2, 0.25) is 0 Å². The van der Waals surface area contributed by atoms with Crippen LogP contribution in [0.15, 0.2) is 48.5 Å². The summed E-state index contributed by atoms with van der Waals surface area (Å²) < 4.78 is 35.1. The number of sulfone groups is 1. The van der Waals surface area contributed by atoms with Crippen molar-refractivity contribution in [3.8, 4) is 11.5 Å². The Morgan fingerprint density at radius 3 is 2.53 bits per heavy atom. The Morgan fingerprint density at radius 2 is 1.91 bits per heavy atom. The molecular weight excluding hydrogens is 436 g/mol. The molecule has 0 saturated carbocycles. The second kappa shape index (κ2) is 10.4. The number of nitro benzene ring substituents is 1. The van der Waals surface area contributed by atoms with Crippen molar-refractivity contribution in [1.29, 1.82) is 0 Å². The van der Waals surface area contributed by atoms with E-state index < -0.39 is 20.8 Å². The average Bonchev–Trinajstić information content (AvgIpc) is 3.14. The lowest BCUT2D eigenvalue weighted by molar-refractivity contribution is -0.384. The van der Waals surface area contributed by atoms with E-state index in [1.807, 2.05) is 31.2 Å². The third-order valence-corrected chi connectivity index (χ3v) is 6.86. The number of hydrogen-bond acceptors (Lipinski definition) is 7. The van der Waals surface area contributed by atoms with E-state index in [4.69, 9.17) is 9.47 Å². The minimum absolute atomic E-state index is 0.0387. The number of ether oxygens (including phenoxy) is 2. The van der Waals surface area contributed by atoms with E-state index in [1.54, 1.807) is 0 Å². The zero-order chi connectivity index (χ0) is 23.1.